The average Bonchev–Trinajstić information content (AvgIpc) is 2.14. The van der Waals surface area contributed by atoms with E-state index in [-0.39, 0.29) is 11.3 Å². The molecule has 1 aromatic heterocycles. The predicted octanol–water partition coefficient (Wildman–Crippen LogP) is 1.69. The Morgan fingerprint density at radius 2 is 2.18 bits per heavy atom. The minimum Gasteiger partial charge on any atom is -0.397 e. The summed E-state index contributed by atoms with van der Waals surface area (Å²) in [5.74, 6) is -1.00. The van der Waals surface area contributed by atoms with Gasteiger partial charge in [0.25, 0.3) is 0 Å². The number of pyridine rings is 1. The van der Waals surface area contributed by atoms with E-state index in [0.717, 1.165) is 0 Å². The monoisotopic (exact) mass is 252 g/mol. The summed E-state index contributed by atoms with van der Waals surface area (Å²) < 4.78 is 39.4. The number of nitro groups is 1. The third kappa shape index (κ3) is 3.03. The summed E-state index contributed by atoms with van der Waals surface area (Å²) in [7, 11) is 0. The van der Waals surface area contributed by atoms with Crippen LogP contribution in [0.4, 0.5) is 18.9 Å². The van der Waals surface area contributed by atoms with E-state index in [9.17, 15) is 23.3 Å². The smallest absolute Gasteiger partial charge is 0.397 e. The van der Waals surface area contributed by atoms with Gasteiger partial charge in [-0.25, -0.2) is 0 Å². The van der Waals surface area contributed by atoms with Crippen LogP contribution in [0.5, 0.6) is 5.75 Å². The molecule has 9 heteroatoms. The van der Waals surface area contributed by atoms with E-state index in [1.54, 1.807) is 0 Å². The summed E-state index contributed by atoms with van der Waals surface area (Å²) in [6.45, 7) is 0.568. The van der Waals surface area contributed by atoms with E-state index < -0.39 is 29.3 Å². The van der Waals surface area contributed by atoms with Crippen molar-refractivity contribution in [2.45, 2.75) is 19.9 Å². The Morgan fingerprint density at radius 3 is 2.59 bits per heavy atom. The number of rotatable bonds is 3. The molecule has 1 rings (SSSR count). The normalized spacial score (nSPS) is 11.4. The molecule has 0 spiro atoms. The first kappa shape index (κ1) is 13.2. The van der Waals surface area contributed by atoms with Gasteiger partial charge in [0.15, 0.2) is 0 Å². The molecule has 94 valence electrons. The Labute approximate surface area is 92.8 Å². The number of hydrogen-bond acceptors (Lipinski definition) is 5. The van der Waals surface area contributed by atoms with Crippen LogP contribution in [0.3, 0.4) is 0 Å². The van der Waals surface area contributed by atoms with Gasteiger partial charge in [-0.1, -0.05) is 0 Å². The first-order chi connectivity index (χ1) is 7.76. The highest BCUT2D eigenvalue weighted by molar-refractivity contribution is 5.52. The van der Waals surface area contributed by atoms with E-state index in [0.29, 0.717) is 6.20 Å². The average molecular weight is 252 g/mol. The second-order valence-electron chi connectivity index (χ2n) is 3.01. The molecule has 0 aliphatic carbocycles. The zero-order valence-electron chi connectivity index (χ0n) is 8.48. The molecule has 0 radical (unpaired) electrons. The SMILES string of the molecule is Cc1c(CO)ncc(OC(F)(F)F)c1[N+](=O)[O-]. The van der Waals surface area contributed by atoms with Crippen LogP contribution in [0.1, 0.15) is 11.3 Å². The molecule has 0 saturated carbocycles. The van der Waals surface area contributed by atoms with Gasteiger partial charge in [-0.2, -0.15) is 0 Å². The number of aromatic nitrogens is 1. The Bertz CT molecular complexity index is 447. The van der Waals surface area contributed by atoms with Crippen molar-refractivity contribution in [1.82, 2.24) is 4.98 Å². The molecule has 1 aromatic rings. The minimum absolute atomic E-state index is 0.0776. The zero-order valence-corrected chi connectivity index (χ0v) is 8.48. The summed E-state index contributed by atoms with van der Waals surface area (Å²) in [5, 5.41) is 19.4. The molecule has 0 amide bonds. The fourth-order valence-corrected chi connectivity index (χ4v) is 1.20. The van der Waals surface area contributed by atoms with Gasteiger partial charge in [0.1, 0.15) is 0 Å². The van der Waals surface area contributed by atoms with Crippen LogP contribution in [0.25, 0.3) is 0 Å². The Kier molecular flexibility index (Phi) is 3.51. The van der Waals surface area contributed by atoms with Crippen LogP contribution in [0.2, 0.25) is 0 Å². The predicted molar refractivity (Wildman–Crippen MR) is 48.2 cm³/mol. The molecule has 0 aromatic carbocycles. The zero-order chi connectivity index (χ0) is 13.2. The summed E-state index contributed by atoms with van der Waals surface area (Å²) in [6.07, 6.45) is -4.48. The molecule has 0 bridgehead atoms. The Hall–Kier alpha value is -1.90. The van der Waals surface area contributed by atoms with E-state index in [2.05, 4.69) is 9.72 Å². The van der Waals surface area contributed by atoms with Crippen molar-refractivity contribution in [1.29, 1.82) is 0 Å². The van der Waals surface area contributed by atoms with Gasteiger partial charge in [-0.15, -0.1) is 13.2 Å². The number of hydrogen-bond donors (Lipinski definition) is 1. The lowest BCUT2D eigenvalue weighted by atomic mass is 10.2. The van der Waals surface area contributed by atoms with E-state index in [4.69, 9.17) is 5.11 Å². The molecule has 0 aliphatic rings. The van der Waals surface area contributed by atoms with Crippen LogP contribution >= 0.6 is 0 Å². The molecule has 0 atom stereocenters. The highest BCUT2D eigenvalue weighted by atomic mass is 19.4. The topological polar surface area (TPSA) is 85.5 Å². The lowest BCUT2D eigenvalue weighted by Crippen LogP contribution is -2.18. The Balaban J connectivity index is 3.32. The number of nitrogens with zero attached hydrogens (tertiary/aromatic N) is 2. The summed E-state index contributed by atoms with van der Waals surface area (Å²) in [6, 6.07) is 0. The van der Waals surface area contributed by atoms with Crippen molar-refractivity contribution in [3.8, 4) is 5.75 Å². The second-order valence-corrected chi connectivity index (χ2v) is 3.01. The maximum atomic E-state index is 12.0. The van der Waals surface area contributed by atoms with Gasteiger partial charge < -0.3 is 9.84 Å². The van der Waals surface area contributed by atoms with Crippen LogP contribution < -0.4 is 4.74 Å². The van der Waals surface area contributed by atoms with Crippen LogP contribution in [-0.4, -0.2) is 21.4 Å². The number of alkyl halides is 3. The molecule has 0 aliphatic heterocycles. The molecule has 0 saturated heterocycles. The van der Waals surface area contributed by atoms with E-state index >= 15 is 0 Å². The molecular formula is C8H7F3N2O4. The van der Waals surface area contributed by atoms with Gasteiger partial charge in [-0.05, 0) is 6.92 Å². The summed E-state index contributed by atoms with van der Waals surface area (Å²) in [5.41, 5.74) is -1.10. The first-order valence-corrected chi connectivity index (χ1v) is 4.25. The van der Waals surface area contributed by atoms with Gasteiger partial charge >= 0.3 is 12.0 Å². The van der Waals surface area contributed by atoms with Crippen LogP contribution in [-0.2, 0) is 6.61 Å². The summed E-state index contributed by atoms with van der Waals surface area (Å²) >= 11 is 0. The molecule has 0 unspecified atom stereocenters. The fourth-order valence-electron chi connectivity index (χ4n) is 1.20. The maximum Gasteiger partial charge on any atom is 0.573 e. The third-order valence-electron chi connectivity index (χ3n) is 1.92. The number of ether oxygens (including phenoxy) is 1. The molecular weight excluding hydrogens is 245 g/mol. The lowest BCUT2D eigenvalue weighted by Gasteiger charge is -2.11. The number of aliphatic hydroxyl groups is 1. The number of aliphatic hydroxyl groups excluding tert-OH is 1. The van der Waals surface area contributed by atoms with Crippen molar-refractivity contribution in [3.63, 3.8) is 0 Å². The molecule has 1 N–H and O–H groups in total. The quantitative estimate of drug-likeness (QED) is 0.653. The van der Waals surface area contributed by atoms with Gasteiger partial charge in [0.2, 0.25) is 5.75 Å². The number of halogens is 3. The highest BCUT2D eigenvalue weighted by Crippen LogP contribution is 2.34. The third-order valence-corrected chi connectivity index (χ3v) is 1.92. The van der Waals surface area contributed by atoms with Crippen molar-refractivity contribution in [2.24, 2.45) is 0 Å². The highest BCUT2D eigenvalue weighted by Gasteiger charge is 2.35. The maximum absolute atomic E-state index is 12.0. The van der Waals surface area contributed by atoms with Gasteiger partial charge in [0, 0.05) is 0 Å². The van der Waals surface area contributed by atoms with Crippen LogP contribution in [0.15, 0.2) is 6.20 Å². The van der Waals surface area contributed by atoms with Crippen molar-refractivity contribution < 1.29 is 27.9 Å². The van der Waals surface area contributed by atoms with Gasteiger partial charge in [-0.3, -0.25) is 15.1 Å². The second kappa shape index (κ2) is 4.53. The van der Waals surface area contributed by atoms with Gasteiger partial charge in [0.05, 0.1) is 29.0 Å². The molecule has 0 fully saturated rings. The van der Waals surface area contributed by atoms with E-state index in [1.165, 1.54) is 6.92 Å². The van der Waals surface area contributed by atoms with E-state index in [1.807, 2.05) is 0 Å². The largest absolute Gasteiger partial charge is 0.573 e. The molecule has 1 heterocycles. The molecule has 6 nitrogen and oxygen atoms in total. The van der Waals surface area contributed by atoms with Crippen molar-refractivity contribution in [2.75, 3.05) is 0 Å². The Morgan fingerprint density at radius 1 is 1.59 bits per heavy atom. The first-order valence-electron chi connectivity index (χ1n) is 4.25. The minimum atomic E-state index is -5.04. The van der Waals surface area contributed by atoms with Crippen molar-refractivity contribution >= 4 is 5.69 Å². The fraction of sp³-hybridized carbons (Fsp3) is 0.375. The van der Waals surface area contributed by atoms with Crippen molar-refractivity contribution in [3.05, 3.63) is 27.6 Å². The van der Waals surface area contributed by atoms with Crippen LogP contribution in [0, 0.1) is 17.0 Å². The molecule has 17 heavy (non-hydrogen) atoms. The summed E-state index contributed by atoms with van der Waals surface area (Å²) in [4.78, 5) is 13.1. The lowest BCUT2D eigenvalue weighted by molar-refractivity contribution is -0.389. The standard InChI is InChI=1S/C8H7F3N2O4/c1-4-5(3-14)12-2-6(7(4)13(15)16)17-8(9,10)11/h2,14H,3H2,1H3.